The van der Waals surface area contributed by atoms with E-state index in [9.17, 15) is 0 Å². The summed E-state index contributed by atoms with van der Waals surface area (Å²) in [5.74, 6) is 1.10. The van der Waals surface area contributed by atoms with E-state index in [1.54, 1.807) is 6.20 Å². The summed E-state index contributed by atoms with van der Waals surface area (Å²) in [7, 11) is 0. The first-order chi connectivity index (χ1) is 8.90. The molecule has 18 heavy (non-hydrogen) atoms. The summed E-state index contributed by atoms with van der Waals surface area (Å²) in [5, 5.41) is 0. The molecule has 0 unspecified atom stereocenters. The van der Waals surface area contributed by atoms with Crippen molar-refractivity contribution in [3.8, 4) is 0 Å². The SMILES string of the molecule is CCCCCCCCCc1nc2ccncc2[nH]1. The second-order valence-electron chi connectivity index (χ2n) is 4.95. The Morgan fingerprint density at radius 3 is 2.61 bits per heavy atom. The number of aromatic nitrogens is 3. The molecule has 0 aliphatic carbocycles. The monoisotopic (exact) mass is 245 g/mol. The van der Waals surface area contributed by atoms with Gasteiger partial charge in [-0.25, -0.2) is 4.98 Å². The minimum Gasteiger partial charge on any atom is -0.341 e. The molecule has 2 aromatic heterocycles. The van der Waals surface area contributed by atoms with E-state index in [-0.39, 0.29) is 0 Å². The average molecular weight is 245 g/mol. The molecule has 0 aliphatic heterocycles. The van der Waals surface area contributed by atoms with Crippen LogP contribution in [0.2, 0.25) is 0 Å². The fourth-order valence-electron chi connectivity index (χ4n) is 2.28. The molecule has 3 nitrogen and oxygen atoms in total. The number of hydrogen-bond acceptors (Lipinski definition) is 2. The minimum atomic E-state index is 1.03. The summed E-state index contributed by atoms with van der Waals surface area (Å²) in [4.78, 5) is 12.0. The molecule has 2 aromatic rings. The summed E-state index contributed by atoms with van der Waals surface area (Å²) in [6.45, 7) is 2.26. The Kier molecular flexibility index (Phi) is 5.18. The number of unbranched alkanes of at least 4 members (excludes halogenated alkanes) is 6. The van der Waals surface area contributed by atoms with Gasteiger partial charge in [0, 0.05) is 12.6 Å². The maximum Gasteiger partial charge on any atom is 0.107 e. The largest absolute Gasteiger partial charge is 0.341 e. The van der Waals surface area contributed by atoms with E-state index in [0.717, 1.165) is 23.3 Å². The van der Waals surface area contributed by atoms with Gasteiger partial charge in [-0.15, -0.1) is 0 Å². The highest BCUT2D eigenvalue weighted by Gasteiger charge is 2.01. The van der Waals surface area contributed by atoms with E-state index in [1.165, 1.54) is 44.9 Å². The van der Waals surface area contributed by atoms with Crippen molar-refractivity contribution in [2.75, 3.05) is 0 Å². The van der Waals surface area contributed by atoms with E-state index in [2.05, 4.69) is 21.9 Å². The maximum absolute atomic E-state index is 4.56. The Balaban J connectivity index is 1.67. The molecular weight excluding hydrogens is 222 g/mol. The fourth-order valence-corrected chi connectivity index (χ4v) is 2.28. The van der Waals surface area contributed by atoms with Crippen molar-refractivity contribution in [2.24, 2.45) is 0 Å². The molecule has 98 valence electrons. The smallest absolute Gasteiger partial charge is 0.107 e. The number of pyridine rings is 1. The third kappa shape index (κ3) is 3.83. The first-order valence-electron chi connectivity index (χ1n) is 7.18. The van der Waals surface area contributed by atoms with Crippen molar-refractivity contribution < 1.29 is 0 Å². The average Bonchev–Trinajstić information content (AvgIpc) is 2.80. The van der Waals surface area contributed by atoms with Gasteiger partial charge in [0.25, 0.3) is 0 Å². The van der Waals surface area contributed by atoms with Gasteiger partial charge in [-0.2, -0.15) is 0 Å². The number of rotatable bonds is 8. The molecule has 0 atom stereocenters. The van der Waals surface area contributed by atoms with Gasteiger partial charge in [-0.05, 0) is 12.5 Å². The van der Waals surface area contributed by atoms with Crippen molar-refractivity contribution >= 4 is 11.0 Å². The molecule has 0 fully saturated rings. The number of nitrogens with one attached hydrogen (secondary N) is 1. The van der Waals surface area contributed by atoms with E-state index < -0.39 is 0 Å². The van der Waals surface area contributed by atoms with Crippen LogP contribution in [0.1, 0.15) is 57.7 Å². The first-order valence-corrected chi connectivity index (χ1v) is 7.18. The Bertz CT molecular complexity index is 428. The summed E-state index contributed by atoms with van der Waals surface area (Å²) in [6.07, 6.45) is 14.1. The van der Waals surface area contributed by atoms with Gasteiger partial charge in [-0.1, -0.05) is 45.4 Å². The van der Waals surface area contributed by atoms with Gasteiger partial charge in [0.2, 0.25) is 0 Å². The lowest BCUT2D eigenvalue weighted by Crippen LogP contribution is -1.88. The number of aromatic amines is 1. The van der Waals surface area contributed by atoms with Crippen LogP contribution in [0.25, 0.3) is 11.0 Å². The number of H-pyrrole nitrogens is 1. The van der Waals surface area contributed by atoms with E-state index in [0.29, 0.717) is 0 Å². The van der Waals surface area contributed by atoms with Crippen molar-refractivity contribution in [2.45, 2.75) is 58.3 Å². The molecule has 1 N–H and O–H groups in total. The molecular formula is C15H23N3. The zero-order chi connectivity index (χ0) is 12.6. The molecule has 0 bridgehead atoms. The summed E-state index contributed by atoms with van der Waals surface area (Å²) in [6, 6.07) is 1.96. The van der Waals surface area contributed by atoms with Crippen LogP contribution in [0.4, 0.5) is 0 Å². The standard InChI is InChI=1S/C15H23N3/c1-2-3-4-5-6-7-8-9-15-17-13-10-11-16-12-14(13)18-15/h10-12H,2-9H2,1H3,(H,17,18). The summed E-state index contributed by atoms with van der Waals surface area (Å²) < 4.78 is 0. The Labute approximate surface area is 109 Å². The van der Waals surface area contributed by atoms with Crippen LogP contribution in [-0.2, 0) is 6.42 Å². The molecule has 0 aliphatic rings. The maximum atomic E-state index is 4.56. The lowest BCUT2D eigenvalue weighted by molar-refractivity contribution is 0.585. The molecule has 2 rings (SSSR count). The molecule has 0 saturated heterocycles. The van der Waals surface area contributed by atoms with Crippen molar-refractivity contribution in [3.05, 3.63) is 24.3 Å². The van der Waals surface area contributed by atoms with Crippen LogP contribution < -0.4 is 0 Å². The fraction of sp³-hybridized carbons (Fsp3) is 0.600. The highest BCUT2D eigenvalue weighted by atomic mass is 14.9. The Morgan fingerprint density at radius 2 is 1.83 bits per heavy atom. The lowest BCUT2D eigenvalue weighted by Gasteiger charge is -1.99. The topological polar surface area (TPSA) is 41.6 Å². The third-order valence-electron chi connectivity index (χ3n) is 3.35. The zero-order valence-corrected chi connectivity index (χ0v) is 11.3. The lowest BCUT2D eigenvalue weighted by atomic mass is 10.1. The van der Waals surface area contributed by atoms with Crippen LogP contribution in [0, 0.1) is 0 Å². The molecule has 0 saturated carbocycles. The second-order valence-corrected chi connectivity index (χ2v) is 4.95. The quantitative estimate of drug-likeness (QED) is 0.706. The van der Waals surface area contributed by atoms with E-state index in [1.807, 2.05) is 12.3 Å². The molecule has 0 spiro atoms. The van der Waals surface area contributed by atoms with E-state index >= 15 is 0 Å². The predicted molar refractivity (Wildman–Crippen MR) is 75.6 cm³/mol. The minimum absolute atomic E-state index is 1.03. The Morgan fingerprint density at radius 1 is 1.06 bits per heavy atom. The van der Waals surface area contributed by atoms with Gasteiger partial charge < -0.3 is 4.98 Å². The van der Waals surface area contributed by atoms with E-state index in [4.69, 9.17) is 0 Å². The first kappa shape index (κ1) is 13.1. The summed E-state index contributed by atoms with van der Waals surface area (Å²) in [5.41, 5.74) is 2.08. The highest BCUT2D eigenvalue weighted by Crippen LogP contribution is 2.12. The molecule has 0 amide bonds. The third-order valence-corrected chi connectivity index (χ3v) is 3.35. The van der Waals surface area contributed by atoms with Gasteiger partial charge in [0.1, 0.15) is 5.82 Å². The van der Waals surface area contributed by atoms with Crippen LogP contribution in [0.5, 0.6) is 0 Å². The van der Waals surface area contributed by atoms with Crippen LogP contribution in [0.3, 0.4) is 0 Å². The predicted octanol–water partition coefficient (Wildman–Crippen LogP) is 4.25. The number of imidazole rings is 1. The number of aryl methyl sites for hydroxylation is 1. The van der Waals surface area contributed by atoms with Gasteiger partial charge in [0.05, 0.1) is 17.2 Å². The van der Waals surface area contributed by atoms with Gasteiger partial charge in [0.15, 0.2) is 0 Å². The van der Waals surface area contributed by atoms with Crippen molar-refractivity contribution in [1.29, 1.82) is 0 Å². The zero-order valence-electron chi connectivity index (χ0n) is 11.3. The Hall–Kier alpha value is -1.38. The number of nitrogens with zero attached hydrogens (tertiary/aromatic N) is 2. The van der Waals surface area contributed by atoms with Crippen molar-refractivity contribution in [1.82, 2.24) is 15.0 Å². The number of hydrogen-bond donors (Lipinski definition) is 1. The normalized spacial score (nSPS) is 11.2. The van der Waals surface area contributed by atoms with Gasteiger partial charge >= 0.3 is 0 Å². The summed E-state index contributed by atoms with van der Waals surface area (Å²) >= 11 is 0. The highest BCUT2D eigenvalue weighted by molar-refractivity contribution is 5.73. The van der Waals surface area contributed by atoms with Crippen LogP contribution in [-0.4, -0.2) is 15.0 Å². The van der Waals surface area contributed by atoms with Gasteiger partial charge in [-0.3, -0.25) is 4.98 Å². The van der Waals surface area contributed by atoms with Crippen molar-refractivity contribution in [3.63, 3.8) is 0 Å². The molecule has 3 heteroatoms. The molecule has 2 heterocycles. The van der Waals surface area contributed by atoms with Crippen LogP contribution in [0.15, 0.2) is 18.5 Å². The number of fused-ring (bicyclic) bond motifs is 1. The molecule has 0 aromatic carbocycles. The second kappa shape index (κ2) is 7.14. The molecule has 0 radical (unpaired) electrons. The van der Waals surface area contributed by atoms with Crippen LogP contribution >= 0.6 is 0 Å².